The Bertz CT molecular complexity index is 867. The fourth-order valence-corrected chi connectivity index (χ4v) is 4.93. The lowest BCUT2D eigenvalue weighted by molar-refractivity contribution is -0.120. The van der Waals surface area contributed by atoms with Crippen LogP contribution in [0.1, 0.15) is 28.7 Å². The summed E-state index contributed by atoms with van der Waals surface area (Å²) in [6, 6.07) is 6.53. The second-order valence-corrected chi connectivity index (χ2v) is 8.33. The molecule has 0 bridgehead atoms. The van der Waals surface area contributed by atoms with Crippen molar-refractivity contribution >= 4 is 40.0 Å². The van der Waals surface area contributed by atoms with Crippen LogP contribution in [0.5, 0.6) is 0 Å². The van der Waals surface area contributed by atoms with Crippen LogP contribution in [0.2, 0.25) is 0 Å². The first-order chi connectivity index (χ1) is 12.3. The van der Waals surface area contributed by atoms with Gasteiger partial charge in [-0.15, -0.1) is 0 Å². The lowest BCUT2D eigenvalue weighted by Crippen LogP contribution is -2.27. The number of amides is 1. The van der Waals surface area contributed by atoms with Crippen molar-refractivity contribution in [3.8, 4) is 0 Å². The zero-order valence-corrected chi connectivity index (χ0v) is 15.7. The Balaban J connectivity index is 1.28. The predicted octanol–water partition coefficient (Wildman–Crippen LogP) is 4.58. The van der Waals surface area contributed by atoms with Crippen molar-refractivity contribution in [2.24, 2.45) is 0 Å². The number of benzene rings is 1. The minimum Gasteiger partial charge on any atom is -0.464 e. The molecule has 5 heteroatoms. The lowest BCUT2D eigenvalue weighted by atomic mass is 10.0. The number of rotatable bonds is 7. The number of aryl methyl sites for hydroxylation is 2. The van der Waals surface area contributed by atoms with E-state index < -0.39 is 0 Å². The summed E-state index contributed by atoms with van der Waals surface area (Å²) in [5.74, 6) is 2.01. The second-order valence-electron chi connectivity index (χ2n) is 6.44. The Morgan fingerprint density at radius 3 is 3.00 bits per heavy atom. The molecule has 25 heavy (non-hydrogen) atoms. The number of carbonyl (C=O) groups is 1. The third-order valence-corrected chi connectivity index (χ3v) is 6.40. The summed E-state index contributed by atoms with van der Waals surface area (Å²) in [7, 11) is 0. The fraction of sp³-hybridized carbons (Fsp3) is 0.350. The highest BCUT2D eigenvalue weighted by Crippen LogP contribution is 2.30. The normalized spacial score (nSPS) is 13.3. The molecule has 0 saturated carbocycles. The topological polar surface area (TPSA) is 42.2 Å². The molecule has 2 aromatic heterocycles. The molecular weight excluding hydrogens is 350 g/mol. The zero-order chi connectivity index (χ0) is 17.1. The first-order valence-corrected chi connectivity index (χ1v) is 10.8. The van der Waals surface area contributed by atoms with E-state index in [1.165, 1.54) is 23.1 Å². The average Bonchev–Trinajstić information content (AvgIpc) is 3.34. The van der Waals surface area contributed by atoms with Crippen LogP contribution in [0.4, 0.5) is 0 Å². The van der Waals surface area contributed by atoms with E-state index in [4.69, 9.17) is 4.42 Å². The van der Waals surface area contributed by atoms with Gasteiger partial charge >= 0.3 is 0 Å². The van der Waals surface area contributed by atoms with Crippen molar-refractivity contribution in [3.05, 3.63) is 57.5 Å². The van der Waals surface area contributed by atoms with Gasteiger partial charge in [0.1, 0.15) is 5.58 Å². The molecule has 0 aliphatic heterocycles. The maximum absolute atomic E-state index is 12.2. The molecule has 1 aliphatic rings. The molecule has 2 heterocycles. The van der Waals surface area contributed by atoms with Gasteiger partial charge < -0.3 is 9.73 Å². The van der Waals surface area contributed by atoms with Crippen molar-refractivity contribution in [2.75, 3.05) is 12.3 Å². The highest BCUT2D eigenvalue weighted by molar-refractivity contribution is 7.98. The number of thioether (sulfide) groups is 1. The third-order valence-electron chi connectivity index (χ3n) is 4.64. The van der Waals surface area contributed by atoms with Gasteiger partial charge in [0.05, 0.1) is 12.7 Å². The van der Waals surface area contributed by atoms with Crippen LogP contribution in [0, 0.1) is 0 Å². The number of furan rings is 1. The highest BCUT2D eigenvalue weighted by atomic mass is 32.2. The molecule has 0 unspecified atom stereocenters. The van der Waals surface area contributed by atoms with Crippen molar-refractivity contribution in [1.29, 1.82) is 0 Å². The standard InChI is InChI=1S/C20H21NO2S2/c22-20(21-5-7-25-13-14-4-6-24-12-14)10-17-11-23-19-9-16-3-1-2-15(16)8-18(17)19/h4,6,8-9,11-12H,1-3,5,7,10,13H2,(H,21,22). The molecule has 3 nitrogen and oxygen atoms in total. The Kier molecular flexibility index (Phi) is 5.13. The van der Waals surface area contributed by atoms with Gasteiger partial charge in [0, 0.05) is 29.0 Å². The summed E-state index contributed by atoms with van der Waals surface area (Å²) >= 11 is 3.58. The van der Waals surface area contributed by atoms with Gasteiger partial charge in [0.25, 0.3) is 0 Å². The number of carbonyl (C=O) groups excluding carboxylic acids is 1. The van der Waals surface area contributed by atoms with E-state index in [0.29, 0.717) is 13.0 Å². The molecule has 4 rings (SSSR count). The van der Waals surface area contributed by atoms with E-state index in [1.54, 1.807) is 17.6 Å². The largest absolute Gasteiger partial charge is 0.464 e. The molecule has 0 saturated heterocycles. The lowest BCUT2D eigenvalue weighted by Gasteiger charge is -2.05. The maximum atomic E-state index is 12.2. The van der Waals surface area contributed by atoms with Gasteiger partial charge in [-0.25, -0.2) is 0 Å². The van der Waals surface area contributed by atoms with E-state index in [0.717, 1.165) is 40.9 Å². The number of nitrogens with one attached hydrogen (secondary N) is 1. The molecule has 1 aliphatic carbocycles. The average molecular weight is 372 g/mol. The van der Waals surface area contributed by atoms with Crippen molar-refractivity contribution in [3.63, 3.8) is 0 Å². The summed E-state index contributed by atoms with van der Waals surface area (Å²) < 4.78 is 5.68. The van der Waals surface area contributed by atoms with Gasteiger partial charge in [-0.2, -0.15) is 23.1 Å². The van der Waals surface area contributed by atoms with E-state index in [-0.39, 0.29) is 5.91 Å². The molecule has 0 radical (unpaired) electrons. The van der Waals surface area contributed by atoms with Crippen LogP contribution in [-0.2, 0) is 29.8 Å². The molecule has 1 amide bonds. The number of thiophene rings is 1. The summed E-state index contributed by atoms with van der Waals surface area (Å²) in [5, 5.41) is 8.39. The van der Waals surface area contributed by atoms with Crippen molar-refractivity contribution in [1.82, 2.24) is 5.32 Å². The Labute approximate surface area is 155 Å². The summed E-state index contributed by atoms with van der Waals surface area (Å²) in [4.78, 5) is 12.2. The second kappa shape index (κ2) is 7.67. The summed E-state index contributed by atoms with van der Waals surface area (Å²) in [6.45, 7) is 0.707. The fourth-order valence-electron chi connectivity index (χ4n) is 3.35. The molecule has 1 N–H and O–H groups in total. The van der Waals surface area contributed by atoms with Gasteiger partial charge in [0.2, 0.25) is 5.91 Å². The number of hydrogen-bond acceptors (Lipinski definition) is 4. The Hall–Kier alpha value is -1.72. The Morgan fingerprint density at radius 2 is 2.16 bits per heavy atom. The van der Waals surface area contributed by atoms with Crippen LogP contribution < -0.4 is 5.32 Å². The smallest absolute Gasteiger partial charge is 0.224 e. The predicted molar refractivity (Wildman–Crippen MR) is 105 cm³/mol. The Morgan fingerprint density at radius 1 is 1.28 bits per heavy atom. The van der Waals surface area contributed by atoms with Crippen LogP contribution in [0.15, 0.2) is 39.6 Å². The molecule has 3 aromatic rings. The van der Waals surface area contributed by atoms with Crippen LogP contribution >= 0.6 is 23.1 Å². The number of fused-ring (bicyclic) bond motifs is 2. The van der Waals surface area contributed by atoms with Gasteiger partial charge in [-0.3, -0.25) is 4.79 Å². The molecule has 0 atom stereocenters. The van der Waals surface area contributed by atoms with Crippen molar-refractivity contribution in [2.45, 2.75) is 31.4 Å². The minimum atomic E-state index is 0.0688. The van der Waals surface area contributed by atoms with Crippen LogP contribution in [-0.4, -0.2) is 18.2 Å². The van der Waals surface area contributed by atoms with Crippen LogP contribution in [0.3, 0.4) is 0 Å². The zero-order valence-electron chi connectivity index (χ0n) is 14.0. The highest BCUT2D eigenvalue weighted by Gasteiger charge is 2.16. The first-order valence-electron chi connectivity index (χ1n) is 8.67. The molecule has 1 aromatic carbocycles. The minimum absolute atomic E-state index is 0.0688. The van der Waals surface area contributed by atoms with E-state index in [2.05, 4.69) is 34.3 Å². The van der Waals surface area contributed by atoms with Gasteiger partial charge in [-0.1, -0.05) is 0 Å². The monoisotopic (exact) mass is 371 g/mol. The molecular formula is C20H21NO2S2. The van der Waals surface area contributed by atoms with Crippen LogP contribution in [0.25, 0.3) is 11.0 Å². The van der Waals surface area contributed by atoms with E-state index in [1.807, 2.05) is 11.8 Å². The van der Waals surface area contributed by atoms with Crippen molar-refractivity contribution < 1.29 is 9.21 Å². The van der Waals surface area contributed by atoms with E-state index >= 15 is 0 Å². The van der Waals surface area contributed by atoms with Gasteiger partial charge in [-0.05, 0) is 64.9 Å². The van der Waals surface area contributed by atoms with Gasteiger partial charge in [0.15, 0.2) is 0 Å². The first kappa shape index (κ1) is 16.7. The van der Waals surface area contributed by atoms with E-state index in [9.17, 15) is 4.79 Å². The summed E-state index contributed by atoms with van der Waals surface area (Å²) in [6.07, 6.45) is 5.64. The molecule has 0 fully saturated rings. The molecule has 0 spiro atoms. The molecule has 130 valence electrons. The maximum Gasteiger partial charge on any atom is 0.224 e. The SMILES string of the molecule is O=C(Cc1coc2cc3c(cc12)CCC3)NCCSCc1ccsc1. The number of hydrogen-bond donors (Lipinski definition) is 1. The third kappa shape index (κ3) is 3.93. The summed E-state index contributed by atoms with van der Waals surface area (Å²) in [5.41, 5.74) is 6.09. The quantitative estimate of drug-likeness (QED) is 0.618.